The third-order valence-electron chi connectivity index (χ3n) is 3.81. The molecule has 3 rings (SSSR count). The lowest BCUT2D eigenvalue weighted by Crippen LogP contribution is -2.08. The van der Waals surface area contributed by atoms with Crippen LogP contribution in [0.1, 0.15) is 11.4 Å². The van der Waals surface area contributed by atoms with Gasteiger partial charge in [-0.1, -0.05) is 43.0 Å². The Balaban J connectivity index is 1.78. The first-order valence-electron chi connectivity index (χ1n) is 8.56. The second-order valence-corrected chi connectivity index (χ2v) is 5.92. The summed E-state index contributed by atoms with van der Waals surface area (Å²) in [5, 5.41) is 9.40. The lowest BCUT2D eigenvalue weighted by molar-refractivity contribution is -0.111. The van der Waals surface area contributed by atoms with Crippen LogP contribution in [0.3, 0.4) is 0 Å². The Labute approximate surface area is 158 Å². The van der Waals surface area contributed by atoms with E-state index in [-0.39, 0.29) is 5.91 Å². The van der Waals surface area contributed by atoms with E-state index < -0.39 is 0 Å². The predicted octanol–water partition coefficient (Wildman–Crippen LogP) is 4.27. The molecule has 0 bridgehead atoms. The van der Waals surface area contributed by atoms with Crippen LogP contribution in [0, 0.1) is 6.92 Å². The molecule has 0 fully saturated rings. The first-order chi connectivity index (χ1) is 13.1. The van der Waals surface area contributed by atoms with E-state index in [0.29, 0.717) is 23.9 Å². The van der Waals surface area contributed by atoms with E-state index in [9.17, 15) is 4.79 Å². The molecule has 136 valence electrons. The Morgan fingerprint density at radius 3 is 2.67 bits per heavy atom. The maximum absolute atomic E-state index is 11.5. The molecule has 0 atom stereocenters. The lowest BCUT2D eigenvalue weighted by atomic mass is 10.2. The summed E-state index contributed by atoms with van der Waals surface area (Å²) in [5.41, 5.74) is 3.44. The number of aryl methyl sites for hydroxylation is 1. The van der Waals surface area contributed by atoms with Crippen molar-refractivity contribution in [1.82, 2.24) is 9.97 Å². The van der Waals surface area contributed by atoms with Crippen molar-refractivity contribution in [3.05, 3.63) is 84.8 Å². The standard InChI is InChI=1S/C21H21N5O/c1-3-20(27)25-17-10-7-11-18(12-17)26-21-19(14-22-15(2)24-21)23-13-16-8-5-4-6-9-16/h3-12,14,23H,1,13H2,2H3,(H,25,27)(H,22,24,26). The van der Waals surface area contributed by atoms with Gasteiger partial charge in [0, 0.05) is 17.9 Å². The molecule has 0 saturated heterocycles. The molecule has 0 unspecified atom stereocenters. The fourth-order valence-corrected chi connectivity index (χ4v) is 2.49. The van der Waals surface area contributed by atoms with Crippen molar-refractivity contribution in [1.29, 1.82) is 0 Å². The number of carbonyl (C=O) groups excluding carboxylic acids is 1. The molecule has 0 aliphatic carbocycles. The van der Waals surface area contributed by atoms with Crippen molar-refractivity contribution in [3.8, 4) is 0 Å². The van der Waals surface area contributed by atoms with Crippen molar-refractivity contribution in [2.45, 2.75) is 13.5 Å². The van der Waals surface area contributed by atoms with E-state index in [1.54, 1.807) is 6.20 Å². The van der Waals surface area contributed by atoms with Crippen LogP contribution in [-0.2, 0) is 11.3 Å². The number of amides is 1. The van der Waals surface area contributed by atoms with Crippen molar-refractivity contribution in [2.75, 3.05) is 16.0 Å². The third kappa shape index (κ3) is 5.15. The van der Waals surface area contributed by atoms with Gasteiger partial charge in [0.1, 0.15) is 5.82 Å². The fourth-order valence-electron chi connectivity index (χ4n) is 2.49. The summed E-state index contributed by atoms with van der Waals surface area (Å²) in [7, 11) is 0. The number of hydrogen-bond acceptors (Lipinski definition) is 5. The van der Waals surface area contributed by atoms with E-state index in [4.69, 9.17) is 0 Å². The van der Waals surface area contributed by atoms with Gasteiger partial charge in [0.25, 0.3) is 0 Å². The highest BCUT2D eigenvalue weighted by Crippen LogP contribution is 2.25. The summed E-state index contributed by atoms with van der Waals surface area (Å²) in [4.78, 5) is 20.3. The average molecular weight is 359 g/mol. The van der Waals surface area contributed by atoms with Crippen molar-refractivity contribution >= 4 is 28.8 Å². The van der Waals surface area contributed by atoms with Crippen molar-refractivity contribution < 1.29 is 4.79 Å². The number of nitrogens with zero attached hydrogens (tertiary/aromatic N) is 2. The van der Waals surface area contributed by atoms with E-state index in [0.717, 1.165) is 16.9 Å². The van der Waals surface area contributed by atoms with Crippen LogP contribution in [0.25, 0.3) is 0 Å². The van der Waals surface area contributed by atoms with Gasteiger partial charge < -0.3 is 16.0 Å². The molecular formula is C21H21N5O. The normalized spacial score (nSPS) is 10.1. The minimum atomic E-state index is -0.254. The van der Waals surface area contributed by atoms with Crippen LogP contribution in [0.5, 0.6) is 0 Å². The SMILES string of the molecule is C=CC(=O)Nc1cccc(Nc2nc(C)ncc2NCc2ccccc2)c1. The Morgan fingerprint density at radius 1 is 1.11 bits per heavy atom. The Kier molecular flexibility index (Phi) is 5.79. The molecule has 0 saturated carbocycles. The number of carbonyl (C=O) groups is 1. The van der Waals surface area contributed by atoms with Gasteiger partial charge in [0.05, 0.1) is 11.9 Å². The van der Waals surface area contributed by atoms with Gasteiger partial charge in [-0.25, -0.2) is 9.97 Å². The van der Waals surface area contributed by atoms with E-state index >= 15 is 0 Å². The molecule has 1 amide bonds. The molecule has 2 aromatic carbocycles. The van der Waals surface area contributed by atoms with Crippen LogP contribution >= 0.6 is 0 Å². The zero-order valence-corrected chi connectivity index (χ0v) is 15.1. The molecule has 6 heteroatoms. The summed E-state index contributed by atoms with van der Waals surface area (Å²) in [6, 6.07) is 17.5. The Bertz CT molecular complexity index is 940. The summed E-state index contributed by atoms with van der Waals surface area (Å²) < 4.78 is 0. The van der Waals surface area contributed by atoms with Crippen LogP contribution in [0.4, 0.5) is 22.9 Å². The summed E-state index contributed by atoms with van der Waals surface area (Å²) >= 11 is 0. The largest absolute Gasteiger partial charge is 0.377 e. The molecule has 27 heavy (non-hydrogen) atoms. The minimum absolute atomic E-state index is 0.254. The number of benzene rings is 2. The van der Waals surface area contributed by atoms with Crippen molar-refractivity contribution in [2.24, 2.45) is 0 Å². The number of aromatic nitrogens is 2. The van der Waals surface area contributed by atoms with Crippen LogP contribution in [0.2, 0.25) is 0 Å². The molecule has 0 radical (unpaired) electrons. The molecule has 0 aliphatic heterocycles. The summed E-state index contributed by atoms with van der Waals surface area (Å²) in [6.07, 6.45) is 3.00. The monoisotopic (exact) mass is 359 g/mol. The quantitative estimate of drug-likeness (QED) is 0.549. The van der Waals surface area contributed by atoms with E-state index in [2.05, 4.69) is 44.6 Å². The van der Waals surface area contributed by atoms with E-state index in [1.807, 2.05) is 49.4 Å². The molecule has 1 heterocycles. The van der Waals surface area contributed by atoms with Gasteiger partial charge >= 0.3 is 0 Å². The van der Waals surface area contributed by atoms with Crippen LogP contribution < -0.4 is 16.0 Å². The van der Waals surface area contributed by atoms with E-state index in [1.165, 1.54) is 6.08 Å². The number of anilines is 4. The molecule has 1 aromatic heterocycles. The molecule has 0 spiro atoms. The van der Waals surface area contributed by atoms with Crippen molar-refractivity contribution in [3.63, 3.8) is 0 Å². The second kappa shape index (κ2) is 8.62. The zero-order valence-electron chi connectivity index (χ0n) is 15.1. The summed E-state index contributed by atoms with van der Waals surface area (Å²) in [6.45, 7) is 5.97. The van der Waals surface area contributed by atoms with Crippen LogP contribution in [-0.4, -0.2) is 15.9 Å². The molecule has 3 aromatic rings. The number of hydrogen-bond donors (Lipinski definition) is 3. The van der Waals surface area contributed by atoms with Gasteiger partial charge in [-0.3, -0.25) is 4.79 Å². The summed E-state index contributed by atoms with van der Waals surface area (Å²) in [5.74, 6) is 1.08. The highest BCUT2D eigenvalue weighted by atomic mass is 16.1. The van der Waals surface area contributed by atoms with Crippen LogP contribution in [0.15, 0.2) is 73.4 Å². The molecule has 6 nitrogen and oxygen atoms in total. The Hall–Kier alpha value is -3.67. The maximum Gasteiger partial charge on any atom is 0.247 e. The van der Waals surface area contributed by atoms with Gasteiger partial charge in [0.2, 0.25) is 5.91 Å². The lowest BCUT2D eigenvalue weighted by Gasteiger charge is -2.14. The van der Waals surface area contributed by atoms with Gasteiger partial charge in [-0.2, -0.15) is 0 Å². The maximum atomic E-state index is 11.5. The first kappa shape index (κ1) is 18.1. The minimum Gasteiger partial charge on any atom is -0.377 e. The fraction of sp³-hybridized carbons (Fsp3) is 0.0952. The van der Waals surface area contributed by atoms with Gasteiger partial charge in [-0.05, 0) is 36.8 Å². The van der Waals surface area contributed by atoms with Gasteiger partial charge in [-0.15, -0.1) is 0 Å². The topological polar surface area (TPSA) is 78.9 Å². The second-order valence-electron chi connectivity index (χ2n) is 5.92. The first-order valence-corrected chi connectivity index (χ1v) is 8.56. The third-order valence-corrected chi connectivity index (χ3v) is 3.81. The molecular weight excluding hydrogens is 338 g/mol. The highest BCUT2D eigenvalue weighted by Gasteiger charge is 2.07. The Morgan fingerprint density at radius 2 is 1.89 bits per heavy atom. The molecule has 0 aliphatic rings. The number of nitrogens with one attached hydrogen (secondary N) is 3. The van der Waals surface area contributed by atoms with Gasteiger partial charge in [0.15, 0.2) is 5.82 Å². The number of rotatable bonds is 7. The molecule has 3 N–H and O–H groups in total. The smallest absolute Gasteiger partial charge is 0.247 e. The predicted molar refractivity (Wildman–Crippen MR) is 109 cm³/mol. The zero-order chi connectivity index (χ0) is 19.1. The average Bonchev–Trinajstić information content (AvgIpc) is 2.68. The highest BCUT2D eigenvalue weighted by molar-refractivity contribution is 5.99.